The summed E-state index contributed by atoms with van der Waals surface area (Å²) < 4.78 is 20.0. The maximum Gasteiger partial charge on any atom is 0.306 e. The first kappa shape index (κ1) is 19.5. The molecule has 0 aromatic carbocycles. The summed E-state index contributed by atoms with van der Waals surface area (Å²) in [5.74, 6) is -0.686. The lowest BCUT2D eigenvalue weighted by Gasteiger charge is -2.07. The average Bonchev–Trinajstić information content (AvgIpc) is 2.46. The van der Waals surface area contributed by atoms with Gasteiger partial charge in [-0.1, -0.05) is 6.92 Å². The molecule has 0 bridgehead atoms. The van der Waals surface area contributed by atoms with Crippen LogP contribution in [0.1, 0.15) is 33.1 Å². The molecule has 0 unspecified atom stereocenters. The van der Waals surface area contributed by atoms with Gasteiger partial charge in [0.1, 0.15) is 19.0 Å². The van der Waals surface area contributed by atoms with Crippen LogP contribution in [0.4, 0.5) is 0 Å². The van der Waals surface area contributed by atoms with Gasteiger partial charge in [0.2, 0.25) is 0 Å². The molecule has 0 saturated heterocycles. The highest BCUT2D eigenvalue weighted by Gasteiger charge is 2.04. The van der Waals surface area contributed by atoms with Gasteiger partial charge in [-0.3, -0.25) is 9.59 Å². The molecule has 0 N–H and O–H groups in total. The zero-order valence-electron chi connectivity index (χ0n) is 12.7. The van der Waals surface area contributed by atoms with Gasteiger partial charge in [0, 0.05) is 12.8 Å². The number of carbonyl (C=O) groups excluding carboxylic acids is 3. The zero-order chi connectivity index (χ0) is 15.9. The Kier molecular flexibility index (Phi) is 12.6. The van der Waals surface area contributed by atoms with Crippen molar-refractivity contribution in [2.45, 2.75) is 33.1 Å². The van der Waals surface area contributed by atoms with E-state index in [4.69, 9.17) is 18.9 Å². The number of ketones is 1. The molecule has 0 spiro atoms. The Morgan fingerprint density at radius 3 is 1.67 bits per heavy atom. The topological polar surface area (TPSA) is 88.1 Å². The molecule has 0 aliphatic carbocycles. The number of rotatable bonds is 13. The van der Waals surface area contributed by atoms with Crippen molar-refractivity contribution in [1.82, 2.24) is 0 Å². The number of hydrogen-bond donors (Lipinski definition) is 0. The van der Waals surface area contributed by atoms with E-state index in [0.717, 1.165) is 0 Å². The summed E-state index contributed by atoms with van der Waals surface area (Å²) in [6.45, 7) is 4.90. The van der Waals surface area contributed by atoms with Crippen LogP contribution in [0.25, 0.3) is 0 Å². The lowest BCUT2D eigenvalue weighted by atomic mass is 10.2. The largest absolute Gasteiger partial charge is 0.463 e. The Morgan fingerprint density at radius 2 is 1.19 bits per heavy atom. The molecule has 0 radical (unpaired) electrons. The first-order valence-electron chi connectivity index (χ1n) is 7.02. The minimum atomic E-state index is -0.400. The van der Waals surface area contributed by atoms with E-state index in [1.807, 2.05) is 0 Å². The van der Waals surface area contributed by atoms with Gasteiger partial charge < -0.3 is 23.7 Å². The van der Waals surface area contributed by atoms with Crippen LogP contribution in [-0.2, 0) is 33.3 Å². The van der Waals surface area contributed by atoms with Crippen LogP contribution in [0.3, 0.4) is 0 Å². The summed E-state index contributed by atoms with van der Waals surface area (Å²) >= 11 is 0. The predicted molar refractivity (Wildman–Crippen MR) is 73.8 cm³/mol. The number of esters is 2. The van der Waals surface area contributed by atoms with E-state index in [1.54, 1.807) is 6.92 Å². The second-order valence-corrected chi connectivity index (χ2v) is 4.22. The van der Waals surface area contributed by atoms with E-state index in [9.17, 15) is 14.4 Å². The van der Waals surface area contributed by atoms with Gasteiger partial charge in [0.15, 0.2) is 0 Å². The third-order valence-corrected chi connectivity index (χ3v) is 2.32. The van der Waals surface area contributed by atoms with E-state index in [1.165, 1.54) is 6.92 Å². The Morgan fingerprint density at radius 1 is 0.714 bits per heavy atom. The lowest BCUT2D eigenvalue weighted by Crippen LogP contribution is -2.15. The van der Waals surface area contributed by atoms with Gasteiger partial charge in [-0.25, -0.2) is 0 Å². The fourth-order valence-corrected chi connectivity index (χ4v) is 1.20. The third kappa shape index (κ3) is 14.7. The molecule has 7 nitrogen and oxygen atoms in total. The highest BCUT2D eigenvalue weighted by molar-refractivity contribution is 5.80. The van der Waals surface area contributed by atoms with Crippen LogP contribution in [-0.4, -0.2) is 57.4 Å². The maximum absolute atomic E-state index is 11.1. The van der Waals surface area contributed by atoms with Crippen LogP contribution in [0, 0.1) is 0 Å². The van der Waals surface area contributed by atoms with Gasteiger partial charge in [0.25, 0.3) is 0 Å². The quantitative estimate of drug-likeness (QED) is 0.369. The van der Waals surface area contributed by atoms with Crippen molar-refractivity contribution < 1.29 is 33.3 Å². The summed E-state index contributed by atoms with van der Waals surface area (Å²) in [6.07, 6.45) is 0.666. The Bertz CT molecular complexity index is 314. The average molecular weight is 304 g/mol. The van der Waals surface area contributed by atoms with E-state index >= 15 is 0 Å². The number of Topliss-reactive ketones (excluding diaryl/α,β-unsaturated/α-hetero) is 1. The maximum atomic E-state index is 11.1. The molecule has 0 aromatic rings. The van der Waals surface area contributed by atoms with Crippen molar-refractivity contribution in [1.29, 1.82) is 0 Å². The molecule has 0 aliphatic rings. The molecule has 0 rings (SSSR count). The predicted octanol–water partition coefficient (Wildman–Crippen LogP) is 0.885. The van der Waals surface area contributed by atoms with Gasteiger partial charge in [-0.2, -0.15) is 0 Å². The van der Waals surface area contributed by atoms with E-state index in [0.29, 0.717) is 26.2 Å². The number of hydrogen-bond acceptors (Lipinski definition) is 7. The fraction of sp³-hybridized carbons (Fsp3) is 0.786. The molecule has 122 valence electrons. The van der Waals surface area contributed by atoms with Gasteiger partial charge in [-0.05, 0) is 6.92 Å². The third-order valence-electron chi connectivity index (χ3n) is 2.32. The Balaban J connectivity index is 3.20. The standard InChI is InChI=1S/C14H24O7/c1-3-13(16)20-10-8-18-6-7-19-9-11-21-14(17)5-4-12(2)15/h3-11H2,1-2H3. The van der Waals surface area contributed by atoms with Crippen LogP contribution in [0.2, 0.25) is 0 Å². The van der Waals surface area contributed by atoms with Crippen molar-refractivity contribution in [3.8, 4) is 0 Å². The molecule has 0 saturated carbocycles. The molecular weight excluding hydrogens is 280 g/mol. The van der Waals surface area contributed by atoms with Gasteiger partial charge in [0.05, 0.1) is 32.8 Å². The summed E-state index contributed by atoms with van der Waals surface area (Å²) in [6, 6.07) is 0. The normalized spacial score (nSPS) is 10.2. The molecule has 0 amide bonds. The minimum absolute atomic E-state index is 0.0371. The Labute approximate surface area is 124 Å². The first-order chi connectivity index (χ1) is 10.1. The highest BCUT2D eigenvalue weighted by atomic mass is 16.6. The SMILES string of the molecule is CCC(=O)OCCOCCOCCOC(=O)CCC(C)=O. The van der Waals surface area contributed by atoms with Crippen molar-refractivity contribution in [3.63, 3.8) is 0 Å². The Hall–Kier alpha value is -1.47. The molecule has 21 heavy (non-hydrogen) atoms. The summed E-state index contributed by atoms with van der Waals surface area (Å²) in [7, 11) is 0. The molecule has 7 heteroatoms. The lowest BCUT2D eigenvalue weighted by molar-refractivity contribution is -0.147. The van der Waals surface area contributed by atoms with Crippen molar-refractivity contribution in [2.24, 2.45) is 0 Å². The summed E-state index contributed by atoms with van der Waals surface area (Å²) in [5, 5.41) is 0. The highest BCUT2D eigenvalue weighted by Crippen LogP contribution is 1.94. The molecule has 0 atom stereocenters. The molecule has 0 aliphatic heterocycles. The van der Waals surface area contributed by atoms with E-state index < -0.39 is 5.97 Å². The van der Waals surface area contributed by atoms with Crippen LogP contribution in [0.5, 0.6) is 0 Å². The van der Waals surface area contributed by atoms with Gasteiger partial charge in [-0.15, -0.1) is 0 Å². The second kappa shape index (κ2) is 13.5. The molecule has 0 aromatic heterocycles. The molecule has 0 fully saturated rings. The van der Waals surface area contributed by atoms with Crippen LogP contribution in [0.15, 0.2) is 0 Å². The number of ether oxygens (including phenoxy) is 4. The van der Waals surface area contributed by atoms with Crippen LogP contribution < -0.4 is 0 Å². The van der Waals surface area contributed by atoms with Gasteiger partial charge >= 0.3 is 11.9 Å². The second-order valence-electron chi connectivity index (χ2n) is 4.22. The molecule has 0 heterocycles. The smallest absolute Gasteiger partial charge is 0.306 e. The molecular formula is C14H24O7. The number of carbonyl (C=O) groups is 3. The minimum Gasteiger partial charge on any atom is -0.463 e. The van der Waals surface area contributed by atoms with Crippen molar-refractivity contribution >= 4 is 17.7 Å². The van der Waals surface area contributed by atoms with Crippen LogP contribution >= 0.6 is 0 Å². The monoisotopic (exact) mass is 304 g/mol. The zero-order valence-corrected chi connectivity index (χ0v) is 12.7. The first-order valence-corrected chi connectivity index (χ1v) is 7.02. The fourth-order valence-electron chi connectivity index (χ4n) is 1.20. The summed E-state index contributed by atoms with van der Waals surface area (Å²) in [5.41, 5.74) is 0. The summed E-state index contributed by atoms with van der Waals surface area (Å²) in [4.78, 5) is 32.6. The van der Waals surface area contributed by atoms with E-state index in [-0.39, 0.29) is 44.4 Å². The van der Waals surface area contributed by atoms with E-state index in [2.05, 4.69) is 0 Å². The van der Waals surface area contributed by atoms with Crippen molar-refractivity contribution in [3.05, 3.63) is 0 Å². The van der Waals surface area contributed by atoms with Crippen molar-refractivity contribution in [2.75, 3.05) is 39.6 Å².